The predicted octanol–water partition coefficient (Wildman–Crippen LogP) is 13.0. The molecule has 0 radical (unpaired) electrons. The Labute approximate surface area is 332 Å². The first-order chi connectivity index (χ1) is 27.9. The molecule has 4 heteroatoms. The van der Waals surface area contributed by atoms with Crippen LogP contribution in [0.4, 0.5) is 0 Å². The van der Waals surface area contributed by atoms with Gasteiger partial charge in [-0.3, -0.25) is 0 Å². The molecular formula is C53H45N3O+2. The summed E-state index contributed by atoms with van der Waals surface area (Å²) in [5.74, 6) is 1.05. The first-order valence-corrected chi connectivity index (χ1v) is 20.8. The van der Waals surface area contributed by atoms with Crippen LogP contribution >= 0.6 is 0 Å². The van der Waals surface area contributed by atoms with Crippen LogP contribution in [0.1, 0.15) is 86.6 Å². The van der Waals surface area contributed by atoms with E-state index in [1.165, 1.54) is 93.6 Å². The number of benzene rings is 5. The molecule has 2 aliphatic heterocycles. The van der Waals surface area contributed by atoms with Gasteiger partial charge in [-0.05, 0) is 108 Å². The normalized spacial score (nSPS) is 16.9. The number of aryl methyl sites for hydroxylation is 1. The number of furan rings is 1. The molecule has 7 heterocycles. The molecule has 0 fully saturated rings. The maximum absolute atomic E-state index is 6.79. The first kappa shape index (κ1) is 32.9. The maximum atomic E-state index is 6.79. The summed E-state index contributed by atoms with van der Waals surface area (Å²) in [6.07, 6.45) is 7.38. The molecule has 4 nitrogen and oxygen atoms in total. The fourth-order valence-electron chi connectivity index (χ4n) is 11.2. The van der Waals surface area contributed by atoms with Gasteiger partial charge in [-0.1, -0.05) is 64.1 Å². The van der Waals surface area contributed by atoms with E-state index in [0.717, 1.165) is 36.1 Å². The van der Waals surface area contributed by atoms with Gasteiger partial charge in [0.25, 0.3) is 0 Å². The first-order valence-electron chi connectivity index (χ1n) is 20.8. The van der Waals surface area contributed by atoms with Crippen LogP contribution in [0.15, 0.2) is 139 Å². The Hall–Kier alpha value is -6.26. The minimum atomic E-state index is 0.256. The molecule has 2 unspecified atom stereocenters. The molecule has 0 saturated carbocycles. The topological polar surface area (TPSA) is 25.3 Å². The number of para-hydroxylation sites is 1. The van der Waals surface area contributed by atoms with E-state index >= 15 is 0 Å². The Morgan fingerprint density at radius 3 is 2.33 bits per heavy atom. The Bertz CT molecular complexity index is 3320. The van der Waals surface area contributed by atoms with Crippen molar-refractivity contribution in [3.63, 3.8) is 0 Å². The highest BCUT2D eigenvalue weighted by Crippen LogP contribution is 2.50. The minimum absolute atomic E-state index is 0.256. The highest BCUT2D eigenvalue weighted by Gasteiger charge is 2.42. The molecule has 0 saturated heterocycles. The second kappa shape index (κ2) is 11.9. The van der Waals surface area contributed by atoms with E-state index < -0.39 is 0 Å². The van der Waals surface area contributed by atoms with Crippen molar-refractivity contribution in [2.75, 3.05) is 0 Å². The number of hydrogen-bond acceptors (Lipinski definition) is 1. The number of rotatable bonds is 2. The molecule has 57 heavy (non-hydrogen) atoms. The summed E-state index contributed by atoms with van der Waals surface area (Å²) in [7, 11) is 0. The quantitative estimate of drug-likeness (QED) is 0.162. The van der Waals surface area contributed by atoms with Crippen molar-refractivity contribution in [1.29, 1.82) is 0 Å². The van der Waals surface area contributed by atoms with Crippen LogP contribution < -0.4 is 9.13 Å². The molecule has 2 aliphatic rings. The lowest BCUT2D eigenvalue weighted by Crippen LogP contribution is -2.49. The van der Waals surface area contributed by atoms with Crippen molar-refractivity contribution in [3.05, 3.63) is 156 Å². The molecular weight excluding hydrogens is 695 g/mol. The molecule has 5 aromatic heterocycles. The van der Waals surface area contributed by atoms with Gasteiger partial charge < -0.3 is 8.82 Å². The molecule has 0 spiro atoms. The van der Waals surface area contributed by atoms with E-state index in [1.807, 2.05) is 0 Å². The summed E-state index contributed by atoms with van der Waals surface area (Å²) in [5.41, 5.74) is 17.7. The third kappa shape index (κ3) is 4.44. The van der Waals surface area contributed by atoms with Crippen molar-refractivity contribution < 1.29 is 13.6 Å². The lowest BCUT2D eigenvalue weighted by Gasteiger charge is -2.31. The highest BCUT2D eigenvalue weighted by molar-refractivity contribution is 6.30. The van der Waals surface area contributed by atoms with E-state index in [4.69, 9.17) is 11.0 Å². The summed E-state index contributed by atoms with van der Waals surface area (Å²) in [6, 6.07) is 43.4. The van der Waals surface area contributed by atoms with E-state index in [9.17, 15) is 0 Å². The second-order valence-electron chi connectivity index (χ2n) is 17.3. The average molecular weight is 740 g/mol. The molecule has 0 N–H and O–H groups in total. The summed E-state index contributed by atoms with van der Waals surface area (Å²) in [6.45, 7) is 14.3. The molecule has 0 aliphatic carbocycles. The molecule has 276 valence electrons. The zero-order valence-corrected chi connectivity index (χ0v) is 33.0. The SMILES string of the molecule is C=C1CC2C(CCc3cc4c(cc3-c3cccc[n+]31)c1c(C(C)C)c(C(C)C)cc3c5c6oc7ccccc7c6ccc5n4c31)c1ccccc1-c1cccc[n+]12. The van der Waals surface area contributed by atoms with E-state index in [0.29, 0.717) is 17.8 Å². The van der Waals surface area contributed by atoms with Gasteiger partial charge in [-0.2, -0.15) is 9.13 Å². The van der Waals surface area contributed by atoms with Crippen molar-refractivity contribution in [3.8, 4) is 22.5 Å². The smallest absolute Gasteiger partial charge is 0.218 e. The largest absolute Gasteiger partial charge is 0.455 e. The third-order valence-electron chi connectivity index (χ3n) is 13.6. The molecule has 0 bridgehead atoms. The second-order valence-corrected chi connectivity index (χ2v) is 17.3. The third-order valence-corrected chi connectivity index (χ3v) is 13.6. The standard InChI is InChI=1S/C53H45N3O/c1-30(2)39-28-42-50-45(23-22-38-37-16-8-9-19-48(37)57-53(38)50)56-47-27-33-20-21-36-34-14-6-7-15-35(34)43-17-11-13-25-55(43)46(36)26-32(5)54-24-12-10-18-44(54)40(33)29-41(47)51(52(42)56)49(39)31(3)4/h6-19,22-25,27-31,36,46H,5,20-21,26H2,1-4H3/q+2. The van der Waals surface area contributed by atoms with Crippen LogP contribution in [0.5, 0.6) is 0 Å². The summed E-state index contributed by atoms with van der Waals surface area (Å²) in [5, 5.41) is 7.57. The van der Waals surface area contributed by atoms with Crippen molar-refractivity contribution in [2.24, 2.45) is 0 Å². The van der Waals surface area contributed by atoms with Gasteiger partial charge in [0.05, 0.1) is 33.9 Å². The fourth-order valence-corrected chi connectivity index (χ4v) is 11.2. The van der Waals surface area contributed by atoms with Crippen LogP contribution in [-0.2, 0) is 6.42 Å². The van der Waals surface area contributed by atoms with E-state index in [2.05, 4.69) is 169 Å². The monoisotopic (exact) mass is 739 g/mol. The van der Waals surface area contributed by atoms with Crippen LogP contribution in [0.3, 0.4) is 0 Å². The van der Waals surface area contributed by atoms with Gasteiger partial charge in [0, 0.05) is 62.7 Å². The molecule has 0 amide bonds. The van der Waals surface area contributed by atoms with Gasteiger partial charge >= 0.3 is 0 Å². The molecule has 5 aromatic carbocycles. The lowest BCUT2D eigenvalue weighted by molar-refractivity contribution is -0.720. The Kier molecular flexibility index (Phi) is 6.86. The van der Waals surface area contributed by atoms with Gasteiger partial charge in [0.1, 0.15) is 11.2 Å². The van der Waals surface area contributed by atoms with E-state index in [1.54, 1.807) is 0 Å². The van der Waals surface area contributed by atoms with Gasteiger partial charge in [-0.15, -0.1) is 0 Å². The van der Waals surface area contributed by atoms with Gasteiger partial charge in [0.2, 0.25) is 11.4 Å². The van der Waals surface area contributed by atoms with Crippen LogP contribution in [0.25, 0.3) is 88.2 Å². The molecule has 2 atom stereocenters. The fraction of sp³-hybridized carbons (Fsp3) is 0.208. The lowest BCUT2D eigenvalue weighted by atomic mass is 9.77. The van der Waals surface area contributed by atoms with Crippen LogP contribution in [0, 0.1) is 0 Å². The van der Waals surface area contributed by atoms with Gasteiger partial charge in [-0.25, -0.2) is 0 Å². The average Bonchev–Trinajstić information content (AvgIpc) is 3.89. The van der Waals surface area contributed by atoms with Crippen LogP contribution in [0.2, 0.25) is 0 Å². The zero-order chi connectivity index (χ0) is 38.3. The number of aromatic nitrogens is 3. The number of pyridine rings is 2. The van der Waals surface area contributed by atoms with E-state index in [-0.39, 0.29) is 6.04 Å². The molecule has 12 rings (SSSR count). The predicted molar refractivity (Wildman–Crippen MR) is 234 cm³/mol. The summed E-state index contributed by atoms with van der Waals surface area (Å²) >= 11 is 0. The van der Waals surface area contributed by atoms with Gasteiger partial charge in [0.15, 0.2) is 24.1 Å². The number of nitrogens with zero attached hydrogens (tertiary/aromatic N) is 3. The summed E-state index contributed by atoms with van der Waals surface area (Å²) in [4.78, 5) is 0. The Morgan fingerprint density at radius 1 is 0.684 bits per heavy atom. The Balaban J connectivity index is 1.19. The Morgan fingerprint density at radius 2 is 1.47 bits per heavy atom. The number of hydrogen-bond donors (Lipinski definition) is 0. The van der Waals surface area contributed by atoms with Crippen molar-refractivity contribution >= 4 is 65.7 Å². The minimum Gasteiger partial charge on any atom is -0.455 e. The summed E-state index contributed by atoms with van der Waals surface area (Å²) < 4.78 is 14.3. The molecule has 10 aromatic rings. The number of allylic oxidation sites excluding steroid dienone is 1. The van der Waals surface area contributed by atoms with Crippen molar-refractivity contribution in [2.45, 2.75) is 70.8 Å². The highest BCUT2D eigenvalue weighted by atomic mass is 16.3. The maximum Gasteiger partial charge on any atom is 0.218 e. The van der Waals surface area contributed by atoms with Crippen LogP contribution in [-0.4, -0.2) is 4.40 Å². The zero-order valence-electron chi connectivity index (χ0n) is 33.0. The van der Waals surface area contributed by atoms with Crippen molar-refractivity contribution in [1.82, 2.24) is 4.40 Å². The number of fused-ring (bicyclic) bond motifs is 19.